The normalized spacial score (nSPS) is 15.2. The smallest absolute Gasteiger partial charge is 0.275 e. The summed E-state index contributed by atoms with van der Waals surface area (Å²) in [6.07, 6.45) is 1.48. The van der Waals surface area contributed by atoms with Gasteiger partial charge in [0.1, 0.15) is 17.3 Å². The van der Waals surface area contributed by atoms with E-state index in [1.807, 2.05) is 0 Å². The SMILES string of the molecule is CCOc1cc(/C=C2/N=C(c3ccccc3F)NC2=O)cc(Cl)c1O. The third-order valence-electron chi connectivity index (χ3n) is 3.48. The van der Waals surface area contributed by atoms with Crippen LogP contribution in [0.25, 0.3) is 6.08 Å². The van der Waals surface area contributed by atoms with Crippen molar-refractivity contribution in [2.45, 2.75) is 6.92 Å². The Morgan fingerprint density at radius 3 is 2.84 bits per heavy atom. The molecule has 0 fully saturated rings. The highest BCUT2D eigenvalue weighted by Gasteiger charge is 2.23. The Balaban J connectivity index is 1.99. The molecule has 0 unspecified atom stereocenters. The van der Waals surface area contributed by atoms with Gasteiger partial charge in [-0.2, -0.15) is 0 Å². The standard InChI is InChI=1S/C18H14ClFN2O3/c1-2-25-15-9-10(7-12(19)16(15)23)8-14-18(24)22-17(21-14)11-5-3-4-6-13(11)20/h3-9,23H,2H2,1H3,(H,21,22,24)/b14-8+. The van der Waals surface area contributed by atoms with Gasteiger partial charge in [0.25, 0.3) is 5.91 Å². The molecule has 1 heterocycles. The van der Waals surface area contributed by atoms with Crippen molar-refractivity contribution in [2.75, 3.05) is 6.61 Å². The van der Waals surface area contributed by atoms with Crippen molar-refractivity contribution in [3.63, 3.8) is 0 Å². The van der Waals surface area contributed by atoms with Crippen LogP contribution in [0, 0.1) is 5.82 Å². The maximum absolute atomic E-state index is 13.8. The summed E-state index contributed by atoms with van der Waals surface area (Å²) < 4.78 is 19.2. The number of amidine groups is 1. The Labute approximate surface area is 148 Å². The van der Waals surface area contributed by atoms with E-state index in [2.05, 4.69) is 10.3 Å². The summed E-state index contributed by atoms with van der Waals surface area (Å²) >= 11 is 5.98. The molecule has 3 rings (SSSR count). The molecule has 0 aromatic heterocycles. The average Bonchev–Trinajstić information content (AvgIpc) is 2.93. The number of amides is 1. The Morgan fingerprint density at radius 2 is 2.12 bits per heavy atom. The van der Waals surface area contributed by atoms with Crippen LogP contribution in [-0.2, 0) is 4.79 Å². The molecule has 0 atom stereocenters. The number of halogens is 2. The lowest BCUT2D eigenvalue weighted by atomic mass is 10.1. The number of rotatable bonds is 4. The molecule has 1 amide bonds. The van der Waals surface area contributed by atoms with Gasteiger partial charge in [-0.25, -0.2) is 9.38 Å². The fraction of sp³-hybridized carbons (Fsp3) is 0.111. The summed E-state index contributed by atoms with van der Waals surface area (Å²) in [4.78, 5) is 16.3. The summed E-state index contributed by atoms with van der Waals surface area (Å²) in [6, 6.07) is 9.06. The first kappa shape index (κ1) is 17.0. The zero-order valence-corrected chi connectivity index (χ0v) is 14.0. The zero-order chi connectivity index (χ0) is 18.0. The number of phenolic OH excluding ortho intramolecular Hbond substituents is 1. The van der Waals surface area contributed by atoms with Crippen molar-refractivity contribution < 1.29 is 19.0 Å². The number of carbonyl (C=O) groups is 1. The van der Waals surface area contributed by atoms with Gasteiger partial charge >= 0.3 is 0 Å². The van der Waals surface area contributed by atoms with Crippen LogP contribution in [0.15, 0.2) is 47.1 Å². The van der Waals surface area contributed by atoms with E-state index >= 15 is 0 Å². The number of ether oxygens (including phenoxy) is 1. The minimum Gasteiger partial charge on any atom is -0.503 e. The first-order chi connectivity index (χ1) is 12.0. The predicted molar refractivity (Wildman–Crippen MR) is 93.3 cm³/mol. The van der Waals surface area contributed by atoms with Crippen LogP contribution in [0.5, 0.6) is 11.5 Å². The van der Waals surface area contributed by atoms with Gasteiger partial charge in [-0.05, 0) is 42.8 Å². The fourth-order valence-electron chi connectivity index (χ4n) is 2.35. The summed E-state index contributed by atoms with van der Waals surface area (Å²) in [6.45, 7) is 2.12. The van der Waals surface area contributed by atoms with Gasteiger partial charge in [0.2, 0.25) is 0 Å². The second-order valence-electron chi connectivity index (χ2n) is 5.21. The summed E-state index contributed by atoms with van der Waals surface area (Å²) in [5.74, 6) is -0.755. The highest BCUT2D eigenvalue weighted by Crippen LogP contribution is 2.36. The van der Waals surface area contributed by atoms with Gasteiger partial charge in [0.05, 0.1) is 17.2 Å². The largest absolute Gasteiger partial charge is 0.503 e. The molecule has 0 bridgehead atoms. The molecule has 2 N–H and O–H groups in total. The van der Waals surface area contributed by atoms with Crippen molar-refractivity contribution in [1.29, 1.82) is 0 Å². The van der Waals surface area contributed by atoms with Crippen molar-refractivity contribution in [1.82, 2.24) is 5.32 Å². The lowest BCUT2D eigenvalue weighted by Crippen LogP contribution is -2.25. The second-order valence-corrected chi connectivity index (χ2v) is 5.61. The van der Waals surface area contributed by atoms with Crippen LogP contribution < -0.4 is 10.1 Å². The van der Waals surface area contributed by atoms with Crippen LogP contribution in [0.2, 0.25) is 5.02 Å². The maximum atomic E-state index is 13.8. The molecular weight excluding hydrogens is 347 g/mol. The van der Waals surface area contributed by atoms with E-state index in [4.69, 9.17) is 16.3 Å². The lowest BCUT2D eigenvalue weighted by Gasteiger charge is -2.08. The van der Waals surface area contributed by atoms with Crippen molar-refractivity contribution in [3.8, 4) is 11.5 Å². The Kier molecular flexibility index (Phi) is 4.72. The molecule has 0 saturated carbocycles. The number of nitrogens with zero attached hydrogens (tertiary/aromatic N) is 1. The van der Waals surface area contributed by atoms with Crippen LogP contribution in [0.4, 0.5) is 4.39 Å². The number of aliphatic imine (C=N–C) groups is 1. The molecule has 25 heavy (non-hydrogen) atoms. The molecule has 1 aliphatic heterocycles. The van der Waals surface area contributed by atoms with Gasteiger partial charge in [-0.1, -0.05) is 23.7 Å². The summed E-state index contributed by atoms with van der Waals surface area (Å²) in [7, 11) is 0. The van der Waals surface area contributed by atoms with E-state index in [-0.39, 0.29) is 33.6 Å². The van der Waals surface area contributed by atoms with Gasteiger partial charge in [-0.3, -0.25) is 4.79 Å². The number of hydrogen-bond donors (Lipinski definition) is 2. The van der Waals surface area contributed by atoms with E-state index < -0.39 is 11.7 Å². The lowest BCUT2D eigenvalue weighted by molar-refractivity contribution is -0.115. The Hall–Kier alpha value is -2.86. The quantitative estimate of drug-likeness (QED) is 0.820. The third kappa shape index (κ3) is 3.49. The average molecular weight is 361 g/mol. The highest BCUT2D eigenvalue weighted by molar-refractivity contribution is 6.32. The maximum Gasteiger partial charge on any atom is 0.275 e. The number of nitrogens with one attached hydrogen (secondary N) is 1. The molecule has 2 aromatic rings. The first-order valence-electron chi connectivity index (χ1n) is 7.51. The number of aromatic hydroxyl groups is 1. The summed E-state index contributed by atoms with van der Waals surface area (Å²) in [5, 5.41) is 12.5. The van der Waals surface area contributed by atoms with E-state index in [9.17, 15) is 14.3 Å². The minimum atomic E-state index is -0.478. The van der Waals surface area contributed by atoms with E-state index in [0.717, 1.165) is 0 Å². The van der Waals surface area contributed by atoms with Crippen LogP contribution in [0.3, 0.4) is 0 Å². The highest BCUT2D eigenvalue weighted by atomic mass is 35.5. The number of hydrogen-bond acceptors (Lipinski definition) is 4. The van der Waals surface area contributed by atoms with Crippen molar-refractivity contribution >= 4 is 29.4 Å². The minimum absolute atomic E-state index is 0.0921. The van der Waals surface area contributed by atoms with Gasteiger partial charge in [0.15, 0.2) is 11.5 Å². The molecule has 0 aliphatic carbocycles. The molecular formula is C18H14ClFN2O3. The molecule has 5 nitrogen and oxygen atoms in total. The topological polar surface area (TPSA) is 70.9 Å². The Bertz CT molecular complexity index is 909. The van der Waals surface area contributed by atoms with Crippen LogP contribution in [0.1, 0.15) is 18.1 Å². The monoisotopic (exact) mass is 360 g/mol. The third-order valence-corrected chi connectivity index (χ3v) is 3.77. The van der Waals surface area contributed by atoms with E-state index in [1.165, 1.54) is 24.3 Å². The fourth-order valence-corrected chi connectivity index (χ4v) is 2.57. The number of carbonyl (C=O) groups excluding carboxylic acids is 1. The van der Waals surface area contributed by atoms with Crippen molar-refractivity contribution in [3.05, 3.63) is 64.1 Å². The van der Waals surface area contributed by atoms with Crippen LogP contribution in [-0.4, -0.2) is 23.5 Å². The van der Waals surface area contributed by atoms with Gasteiger partial charge < -0.3 is 15.2 Å². The summed E-state index contributed by atoms with van der Waals surface area (Å²) in [5.41, 5.74) is 0.829. The molecule has 0 spiro atoms. The Morgan fingerprint density at radius 1 is 1.36 bits per heavy atom. The molecule has 7 heteroatoms. The number of benzene rings is 2. The predicted octanol–water partition coefficient (Wildman–Crippen LogP) is 3.50. The molecule has 128 valence electrons. The van der Waals surface area contributed by atoms with Crippen molar-refractivity contribution in [2.24, 2.45) is 4.99 Å². The van der Waals surface area contributed by atoms with E-state index in [0.29, 0.717) is 12.2 Å². The first-order valence-corrected chi connectivity index (χ1v) is 7.89. The molecule has 0 radical (unpaired) electrons. The molecule has 0 saturated heterocycles. The van der Waals surface area contributed by atoms with Gasteiger partial charge in [-0.15, -0.1) is 0 Å². The van der Waals surface area contributed by atoms with E-state index in [1.54, 1.807) is 25.1 Å². The van der Waals surface area contributed by atoms with Crippen LogP contribution >= 0.6 is 11.6 Å². The zero-order valence-electron chi connectivity index (χ0n) is 13.2. The number of phenols is 1. The second kappa shape index (κ2) is 6.94. The molecule has 1 aliphatic rings. The van der Waals surface area contributed by atoms with Gasteiger partial charge in [0, 0.05) is 0 Å². The molecule has 2 aromatic carbocycles.